The molecule has 12 nitrogen and oxygen atoms in total. The minimum absolute atomic E-state index is 0.0569. The second kappa shape index (κ2) is 14.2. The van der Waals surface area contributed by atoms with E-state index >= 15 is 0 Å². The highest BCUT2D eigenvalue weighted by atomic mass is 16.5. The Bertz CT molecular complexity index is 1120. The molecule has 0 saturated heterocycles. The lowest BCUT2D eigenvalue weighted by Gasteiger charge is -2.18. The number of carbonyl (C=O) groups is 4. The Hall–Kier alpha value is -4.48. The van der Waals surface area contributed by atoms with Crippen LogP contribution in [0.5, 0.6) is 17.2 Å². The Balaban J connectivity index is 1.86. The average Bonchev–Trinajstić information content (AvgIpc) is 2.84. The van der Waals surface area contributed by atoms with Crippen molar-refractivity contribution >= 4 is 29.4 Å². The lowest BCUT2D eigenvalue weighted by Crippen LogP contribution is -2.47. The molecule has 0 heterocycles. The molecule has 2 amide bonds. The van der Waals surface area contributed by atoms with E-state index in [1.165, 1.54) is 26.2 Å². The van der Waals surface area contributed by atoms with Gasteiger partial charge >= 0.3 is 11.9 Å². The summed E-state index contributed by atoms with van der Waals surface area (Å²) in [5.41, 5.74) is 6.72. The van der Waals surface area contributed by atoms with Crippen LogP contribution in [-0.2, 0) is 25.5 Å². The highest BCUT2D eigenvalue weighted by molar-refractivity contribution is 5.95. The number of benzene rings is 2. The lowest BCUT2D eigenvalue weighted by molar-refractivity contribution is -0.139. The van der Waals surface area contributed by atoms with Crippen LogP contribution in [-0.4, -0.2) is 66.9 Å². The first-order valence-electron chi connectivity index (χ1n) is 11.4. The summed E-state index contributed by atoms with van der Waals surface area (Å²) in [4.78, 5) is 46.8. The summed E-state index contributed by atoms with van der Waals surface area (Å²) < 4.78 is 15.3. The minimum atomic E-state index is -1.14. The number of methoxy groups -OCH3 is 1. The Kier molecular flexibility index (Phi) is 11.0. The Labute approximate surface area is 213 Å². The fraction of sp³-hybridized carbons (Fsp3) is 0.360. The van der Waals surface area contributed by atoms with Crippen LogP contribution in [0, 0.1) is 0 Å². The van der Waals surface area contributed by atoms with Gasteiger partial charge in [0.25, 0.3) is 0 Å². The van der Waals surface area contributed by atoms with E-state index in [0.29, 0.717) is 24.9 Å². The van der Waals surface area contributed by atoms with E-state index in [-0.39, 0.29) is 53.3 Å². The Morgan fingerprint density at radius 3 is 2.46 bits per heavy atom. The zero-order chi connectivity index (χ0) is 27.4. The Morgan fingerprint density at radius 2 is 1.81 bits per heavy atom. The molecule has 0 spiro atoms. The molecule has 2 aromatic rings. The number of aliphatic carboxylic acids is 1. The number of aromatic hydroxyl groups is 1. The molecule has 0 fully saturated rings. The third-order valence-electron chi connectivity index (χ3n) is 5.08. The summed E-state index contributed by atoms with van der Waals surface area (Å²) in [5.74, 6) is -2.46. The monoisotopic (exact) mass is 517 g/mol. The molecule has 37 heavy (non-hydrogen) atoms. The largest absolute Gasteiger partial charge is 0.507 e. The standard InChI is InChI=1S/C25H31N3O9/c1-15(29)28-18(13-16-8-9-20(17(26)12-16)37-14-22(31)32)24(33)27-10-3-4-11-36-21-7-5-6-19(30)23(21)25(34)35-2/h5-9,12,18,30H,3-4,10-11,13-14,26H2,1-2H3,(H,27,33)(H,28,29)(H,31,32)/t18-/m0/s1. The third-order valence-corrected chi connectivity index (χ3v) is 5.08. The number of ether oxygens (including phenoxy) is 3. The molecule has 1 atom stereocenters. The van der Waals surface area contributed by atoms with Gasteiger partial charge in [-0.15, -0.1) is 0 Å². The fourth-order valence-corrected chi connectivity index (χ4v) is 3.38. The lowest BCUT2D eigenvalue weighted by atomic mass is 10.0. The summed E-state index contributed by atoms with van der Waals surface area (Å²) in [6, 6.07) is 8.30. The van der Waals surface area contributed by atoms with Crippen LogP contribution in [0.3, 0.4) is 0 Å². The van der Waals surface area contributed by atoms with E-state index in [2.05, 4.69) is 15.4 Å². The van der Waals surface area contributed by atoms with E-state index < -0.39 is 24.6 Å². The van der Waals surface area contributed by atoms with Gasteiger partial charge in [0.05, 0.1) is 19.4 Å². The van der Waals surface area contributed by atoms with Crippen molar-refractivity contribution in [2.75, 3.05) is 32.6 Å². The zero-order valence-corrected chi connectivity index (χ0v) is 20.6. The molecule has 0 bridgehead atoms. The molecular weight excluding hydrogens is 486 g/mol. The van der Waals surface area contributed by atoms with Crippen LogP contribution in [0.25, 0.3) is 0 Å². The van der Waals surface area contributed by atoms with Crippen LogP contribution in [0.2, 0.25) is 0 Å². The number of rotatable bonds is 14. The van der Waals surface area contributed by atoms with Crippen molar-refractivity contribution in [2.45, 2.75) is 32.2 Å². The second-order valence-corrected chi connectivity index (χ2v) is 8.00. The number of phenolic OH excluding ortho intramolecular Hbond substituents is 1. The SMILES string of the molecule is COC(=O)c1c(O)cccc1OCCCCNC(=O)[C@H](Cc1ccc(OCC(=O)O)c(N)c1)NC(C)=O. The molecule has 200 valence electrons. The van der Waals surface area contributed by atoms with E-state index in [0.717, 1.165) is 0 Å². The molecule has 0 saturated carbocycles. The molecule has 0 radical (unpaired) electrons. The number of hydrogen-bond donors (Lipinski definition) is 5. The van der Waals surface area contributed by atoms with Gasteiger partial charge < -0.3 is 40.8 Å². The number of nitrogens with one attached hydrogen (secondary N) is 2. The Morgan fingerprint density at radius 1 is 1.05 bits per heavy atom. The van der Waals surface area contributed by atoms with E-state index in [1.807, 2.05) is 0 Å². The molecule has 2 aromatic carbocycles. The fourth-order valence-electron chi connectivity index (χ4n) is 3.38. The maximum atomic E-state index is 12.7. The molecule has 2 rings (SSSR count). The molecule has 0 aliphatic rings. The van der Waals surface area contributed by atoms with Crippen LogP contribution in [0.4, 0.5) is 5.69 Å². The van der Waals surface area contributed by atoms with E-state index in [4.69, 9.17) is 20.3 Å². The summed E-state index contributed by atoms with van der Waals surface area (Å²) in [6.07, 6.45) is 1.24. The van der Waals surface area contributed by atoms with Crippen LogP contribution in [0.15, 0.2) is 36.4 Å². The number of carbonyl (C=O) groups excluding carboxylic acids is 3. The predicted molar refractivity (Wildman–Crippen MR) is 132 cm³/mol. The quantitative estimate of drug-likeness (QED) is 0.139. The van der Waals surface area contributed by atoms with Gasteiger partial charge in [0.15, 0.2) is 6.61 Å². The minimum Gasteiger partial charge on any atom is -0.507 e. The van der Waals surface area contributed by atoms with Gasteiger partial charge in [-0.05, 0) is 42.7 Å². The predicted octanol–water partition coefficient (Wildman–Crippen LogP) is 1.25. The highest BCUT2D eigenvalue weighted by Gasteiger charge is 2.21. The van der Waals surface area contributed by atoms with Crippen molar-refractivity contribution in [3.63, 3.8) is 0 Å². The van der Waals surface area contributed by atoms with Crippen molar-refractivity contribution in [3.05, 3.63) is 47.5 Å². The second-order valence-electron chi connectivity index (χ2n) is 8.00. The molecule has 12 heteroatoms. The van der Waals surface area contributed by atoms with Gasteiger partial charge in [-0.3, -0.25) is 9.59 Å². The highest BCUT2D eigenvalue weighted by Crippen LogP contribution is 2.28. The molecule has 0 aromatic heterocycles. The van der Waals surface area contributed by atoms with E-state index in [9.17, 15) is 24.3 Å². The number of hydrogen-bond acceptors (Lipinski definition) is 9. The number of nitrogens with two attached hydrogens (primary N) is 1. The molecular formula is C25H31N3O9. The van der Waals surface area contributed by atoms with Gasteiger partial charge in [-0.1, -0.05) is 12.1 Å². The maximum Gasteiger partial charge on any atom is 0.345 e. The van der Waals surface area contributed by atoms with Crippen LogP contribution in [0.1, 0.15) is 35.7 Å². The smallest absolute Gasteiger partial charge is 0.345 e. The maximum absolute atomic E-state index is 12.7. The van der Waals surface area contributed by atoms with Crippen molar-refractivity contribution in [2.24, 2.45) is 0 Å². The number of carboxylic acid groups (broad SMARTS) is 1. The number of phenols is 1. The molecule has 0 aliphatic carbocycles. The number of nitrogen functional groups attached to an aromatic ring is 1. The van der Waals surface area contributed by atoms with Gasteiger partial charge in [0.1, 0.15) is 28.9 Å². The summed E-state index contributed by atoms with van der Waals surface area (Å²) >= 11 is 0. The van der Waals surface area contributed by atoms with Crippen molar-refractivity contribution < 1.29 is 43.6 Å². The van der Waals surface area contributed by atoms with Crippen molar-refractivity contribution in [1.29, 1.82) is 0 Å². The molecule has 0 aliphatic heterocycles. The van der Waals surface area contributed by atoms with Crippen LogP contribution < -0.4 is 25.8 Å². The molecule has 6 N–H and O–H groups in total. The topological polar surface area (TPSA) is 187 Å². The number of carboxylic acids is 1. The summed E-state index contributed by atoms with van der Waals surface area (Å²) in [6.45, 7) is 1.31. The van der Waals surface area contributed by atoms with Gasteiger partial charge in [0.2, 0.25) is 11.8 Å². The van der Waals surface area contributed by atoms with Gasteiger partial charge in [0, 0.05) is 19.9 Å². The normalized spacial score (nSPS) is 11.2. The first kappa shape index (κ1) is 28.8. The average molecular weight is 518 g/mol. The number of anilines is 1. The van der Waals surface area contributed by atoms with Gasteiger partial charge in [-0.25, -0.2) is 9.59 Å². The first-order valence-corrected chi connectivity index (χ1v) is 11.4. The van der Waals surface area contributed by atoms with Crippen molar-refractivity contribution in [1.82, 2.24) is 10.6 Å². The first-order chi connectivity index (χ1) is 17.6. The number of esters is 1. The molecule has 0 unspecified atom stereocenters. The third kappa shape index (κ3) is 9.24. The summed E-state index contributed by atoms with van der Waals surface area (Å²) in [5, 5.41) is 24.0. The van der Waals surface area contributed by atoms with E-state index in [1.54, 1.807) is 24.3 Å². The number of unbranched alkanes of at least 4 members (excludes halogenated alkanes) is 1. The van der Waals surface area contributed by atoms with Gasteiger partial charge in [-0.2, -0.15) is 0 Å². The number of amides is 2. The van der Waals surface area contributed by atoms with Crippen molar-refractivity contribution in [3.8, 4) is 17.2 Å². The zero-order valence-electron chi connectivity index (χ0n) is 20.6. The van der Waals surface area contributed by atoms with Crippen LogP contribution >= 0.6 is 0 Å². The summed E-state index contributed by atoms with van der Waals surface area (Å²) in [7, 11) is 1.20.